The highest BCUT2D eigenvalue weighted by Gasteiger charge is 1.97. The Morgan fingerprint density at radius 2 is 1.90 bits per heavy atom. The molecule has 0 saturated carbocycles. The van der Waals surface area contributed by atoms with E-state index in [0.717, 1.165) is 11.4 Å². The summed E-state index contributed by atoms with van der Waals surface area (Å²) in [6.07, 6.45) is 0. The van der Waals surface area contributed by atoms with Crippen molar-refractivity contribution in [2.75, 3.05) is 5.43 Å². The molecule has 3 N–H and O–H groups in total. The molecule has 0 aliphatic rings. The van der Waals surface area contributed by atoms with Crippen LogP contribution < -0.4 is 11.3 Å². The van der Waals surface area contributed by atoms with Crippen LogP contribution in [-0.2, 0) is 0 Å². The minimum absolute atomic E-state index is 0.350. The van der Waals surface area contributed by atoms with Crippen LogP contribution in [-0.4, -0.2) is 15.2 Å². The fourth-order valence-corrected chi connectivity index (χ4v) is 0.518. The second-order valence-electron chi connectivity index (χ2n) is 1.95. The molecule has 0 atom stereocenters. The van der Waals surface area contributed by atoms with E-state index in [0.29, 0.717) is 5.95 Å². The summed E-state index contributed by atoms with van der Waals surface area (Å²) in [5.41, 5.74) is 3.96. The van der Waals surface area contributed by atoms with Gasteiger partial charge in [0.05, 0.1) is 11.4 Å². The van der Waals surface area contributed by atoms with Crippen molar-refractivity contribution in [3.8, 4) is 0 Å². The molecule has 10 heavy (non-hydrogen) atoms. The van der Waals surface area contributed by atoms with Crippen molar-refractivity contribution in [2.45, 2.75) is 13.8 Å². The molecule has 5 heteroatoms. The number of aryl methyl sites for hydroxylation is 2. The molecule has 0 amide bonds. The lowest BCUT2D eigenvalue weighted by Crippen LogP contribution is -2.12. The Balaban J connectivity index is 3.04. The van der Waals surface area contributed by atoms with Gasteiger partial charge in [-0.3, -0.25) is 5.43 Å². The number of nitrogens with zero attached hydrogens (tertiary/aromatic N) is 3. The number of nitrogens with one attached hydrogen (secondary N) is 1. The van der Waals surface area contributed by atoms with Crippen molar-refractivity contribution in [1.82, 2.24) is 15.2 Å². The van der Waals surface area contributed by atoms with Gasteiger partial charge < -0.3 is 0 Å². The minimum Gasteiger partial charge on any atom is -0.291 e. The van der Waals surface area contributed by atoms with Gasteiger partial charge in [-0.05, 0) is 13.8 Å². The van der Waals surface area contributed by atoms with Crippen LogP contribution in [0.15, 0.2) is 0 Å². The van der Waals surface area contributed by atoms with Crippen LogP contribution in [0.2, 0.25) is 0 Å². The third-order valence-electron chi connectivity index (χ3n) is 1.22. The van der Waals surface area contributed by atoms with Crippen LogP contribution in [0.1, 0.15) is 11.4 Å². The van der Waals surface area contributed by atoms with Gasteiger partial charge in [0.15, 0.2) is 0 Å². The maximum absolute atomic E-state index is 5.05. The summed E-state index contributed by atoms with van der Waals surface area (Å²) < 4.78 is 0. The van der Waals surface area contributed by atoms with Gasteiger partial charge in [-0.1, -0.05) is 0 Å². The predicted octanol–water partition coefficient (Wildman–Crippen LogP) is -0.226. The third-order valence-corrected chi connectivity index (χ3v) is 1.22. The van der Waals surface area contributed by atoms with Gasteiger partial charge in [0.1, 0.15) is 0 Å². The van der Waals surface area contributed by atoms with Crippen LogP contribution in [0.4, 0.5) is 5.95 Å². The van der Waals surface area contributed by atoms with Crippen molar-refractivity contribution in [1.29, 1.82) is 0 Å². The molecular formula is C5H9N5. The molecule has 1 aromatic heterocycles. The average molecular weight is 139 g/mol. The van der Waals surface area contributed by atoms with E-state index in [1.165, 1.54) is 0 Å². The molecule has 0 spiro atoms. The van der Waals surface area contributed by atoms with Crippen LogP contribution in [0.5, 0.6) is 0 Å². The summed E-state index contributed by atoms with van der Waals surface area (Å²) in [7, 11) is 0. The van der Waals surface area contributed by atoms with E-state index >= 15 is 0 Å². The Morgan fingerprint density at radius 3 is 2.40 bits per heavy atom. The summed E-state index contributed by atoms with van der Waals surface area (Å²) in [6.45, 7) is 3.69. The smallest absolute Gasteiger partial charge is 0.257 e. The van der Waals surface area contributed by atoms with E-state index in [1.54, 1.807) is 0 Å². The number of aromatic nitrogens is 3. The van der Waals surface area contributed by atoms with Gasteiger partial charge in [0, 0.05) is 0 Å². The maximum Gasteiger partial charge on any atom is 0.257 e. The first-order valence-corrected chi connectivity index (χ1v) is 2.88. The summed E-state index contributed by atoms with van der Waals surface area (Å²) in [6, 6.07) is 0. The van der Waals surface area contributed by atoms with E-state index in [-0.39, 0.29) is 0 Å². The fraction of sp³-hybridized carbons (Fsp3) is 0.400. The standard InChI is InChI=1S/C5H9N5/c1-3-4(2)9-10-5(7-3)8-6/h6H2,1-2H3,(H,7,8,10). The fourth-order valence-electron chi connectivity index (χ4n) is 0.518. The summed E-state index contributed by atoms with van der Waals surface area (Å²) in [5, 5.41) is 7.45. The molecule has 0 aliphatic heterocycles. The molecular weight excluding hydrogens is 130 g/mol. The molecule has 0 radical (unpaired) electrons. The SMILES string of the molecule is Cc1nnc(NN)nc1C. The topological polar surface area (TPSA) is 76.7 Å². The van der Waals surface area contributed by atoms with Crippen molar-refractivity contribution in [3.63, 3.8) is 0 Å². The van der Waals surface area contributed by atoms with Crippen molar-refractivity contribution in [3.05, 3.63) is 11.4 Å². The highest BCUT2D eigenvalue weighted by Crippen LogP contribution is 1.99. The zero-order chi connectivity index (χ0) is 7.56. The lowest BCUT2D eigenvalue weighted by molar-refractivity contribution is 0.894. The zero-order valence-electron chi connectivity index (χ0n) is 5.92. The van der Waals surface area contributed by atoms with E-state index in [4.69, 9.17) is 5.84 Å². The summed E-state index contributed by atoms with van der Waals surface area (Å²) in [4.78, 5) is 3.98. The summed E-state index contributed by atoms with van der Waals surface area (Å²) >= 11 is 0. The monoisotopic (exact) mass is 139 g/mol. The Bertz CT molecular complexity index is 233. The third kappa shape index (κ3) is 1.19. The van der Waals surface area contributed by atoms with Crippen LogP contribution >= 0.6 is 0 Å². The number of hydrogen-bond acceptors (Lipinski definition) is 5. The van der Waals surface area contributed by atoms with Gasteiger partial charge in [0.25, 0.3) is 5.95 Å². The number of hydrazine groups is 1. The second kappa shape index (κ2) is 2.57. The normalized spacial score (nSPS) is 9.50. The Morgan fingerprint density at radius 1 is 1.20 bits per heavy atom. The predicted molar refractivity (Wildman–Crippen MR) is 37.1 cm³/mol. The van der Waals surface area contributed by atoms with Crippen molar-refractivity contribution in [2.24, 2.45) is 5.84 Å². The lowest BCUT2D eigenvalue weighted by atomic mass is 10.4. The lowest BCUT2D eigenvalue weighted by Gasteiger charge is -1.98. The molecule has 0 aromatic carbocycles. The average Bonchev–Trinajstić information content (AvgIpc) is 1.95. The molecule has 0 bridgehead atoms. The quantitative estimate of drug-likeness (QED) is 0.415. The first-order chi connectivity index (χ1) is 4.74. The number of nitrogens with two attached hydrogens (primary N) is 1. The van der Waals surface area contributed by atoms with Gasteiger partial charge in [-0.25, -0.2) is 10.8 Å². The first-order valence-electron chi connectivity index (χ1n) is 2.88. The van der Waals surface area contributed by atoms with Gasteiger partial charge in [-0.15, -0.1) is 5.10 Å². The Kier molecular flexibility index (Phi) is 1.77. The molecule has 1 aromatic rings. The Labute approximate surface area is 58.6 Å². The van der Waals surface area contributed by atoms with E-state index in [1.807, 2.05) is 13.8 Å². The number of hydrogen-bond donors (Lipinski definition) is 2. The van der Waals surface area contributed by atoms with Gasteiger partial charge in [-0.2, -0.15) is 5.10 Å². The van der Waals surface area contributed by atoms with Crippen molar-refractivity contribution < 1.29 is 0 Å². The number of rotatable bonds is 1. The van der Waals surface area contributed by atoms with Gasteiger partial charge >= 0.3 is 0 Å². The number of anilines is 1. The first kappa shape index (κ1) is 6.88. The van der Waals surface area contributed by atoms with Crippen LogP contribution in [0.25, 0.3) is 0 Å². The number of nitrogen functional groups attached to an aromatic ring is 1. The highest BCUT2D eigenvalue weighted by atomic mass is 15.3. The summed E-state index contributed by atoms with van der Waals surface area (Å²) in [5.74, 6) is 5.40. The molecule has 0 aliphatic carbocycles. The second-order valence-corrected chi connectivity index (χ2v) is 1.95. The molecule has 54 valence electrons. The Hall–Kier alpha value is -1.23. The molecule has 0 fully saturated rings. The minimum atomic E-state index is 0.350. The van der Waals surface area contributed by atoms with Gasteiger partial charge in [0.2, 0.25) is 0 Å². The molecule has 1 heterocycles. The van der Waals surface area contributed by atoms with Crippen LogP contribution in [0.3, 0.4) is 0 Å². The van der Waals surface area contributed by atoms with Crippen molar-refractivity contribution >= 4 is 5.95 Å². The van der Waals surface area contributed by atoms with E-state index in [9.17, 15) is 0 Å². The molecule has 0 saturated heterocycles. The molecule has 1 rings (SSSR count). The molecule has 0 unspecified atom stereocenters. The van der Waals surface area contributed by atoms with E-state index < -0.39 is 0 Å². The zero-order valence-corrected chi connectivity index (χ0v) is 5.92. The highest BCUT2D eigenvalue weighted by molar-refractivity contribution is 5.21. The molecule has 5 nitrogen and oxygen atoms in total. The van der Waals surface area contributed by atoms with E-state index in [2.05, 4.69) is 20.6 Å². The maximum atomic E-state index is 5.05. The van der Waals surface area contributed by atoms with Crippen LogP contribution in [0, 0.1) is 13.8 Å². The largest absolute Gasteiger partial charge is 0.291 e.